The van der Waals surface area contributed by atoms with Crippen LogP contribution in [0.4, 0.5) is 0 Å². The van der Waals surface area contributed by atoms with Gasteiger partial charge in [-0.15, -0.1) is 0 Å². The first kappa shape index (κ1) is 13.7. The average molecular weight is 295 g/mol. The van der Waals surface area contributed by atoms with E-state index in [-0.39, 0.29) is 5.41 Å². The predicted molar refractivity (Wildman–Crippen MR) is 70.2 cm³/mol. The first-order chi connectivity index (χ1) is 6.72. The highest BCUT2D eigenvalue weighted by molar-refractivity contribution is 9.09. The van der Waals surface area contributed by atoms with E-state index in [9.17, 15) is 0 Å². The molecule has 0 unspecified atom stereocenters. The maximum atomic E-state index is 6.22. The smallest absolute Gasteiger partial charge is 0.192 e. The van der Waals surface area contributed by atoms with E-state index in [0.29, 0.717) is 5.04 Å². The summed E-state index contributed by atoms with van der Waals surface area (Å²) < 4.78 is 11.5. The molecule has 4 heteroatoms. The lowest BCUT2D eigenvalue weighted by atomic mass is 9.90. The lowest BCUT2D eigenvalue weighted by Gasteiger charge is -2.44. The lowest BCUT2D eigenvalue weighted by Crippen LogP contribution is -2.52. The van der Waals surface area contributed by atoms with E-state index in [1.807, 2.05) is 0 Å². The Morgan fingerprint density at radius 2 is 1.87 bits per heavy atom. The molecule has 90 valence electrons. The summed E-state index contributed by atoms with van der Waals surface area (Å²) in [6, 6.07) is 0. The third-order valence-electron chi connectivity index (χ3n) is 3.65. The Morgan fingerprint density at radius 1 is 1.33 bits per heavy atom. The molecule has 0 aromatic rings. The summed E-state index contributed by atoms with van der Waals surface area (Å²) in [5.41, 5.74) is 0.246. The second-order valence-electron chi connectivity index (χ2n) is 6.18. The summed E-state index contributed by atoms with van der Waals surface area (Å²) in [5.74, 6) is 0. The number of hydrogen-bond acceptors (Lipinski definition) is 2. The van der Waals surface area contributed by atoms with Crippen LogP contribution in [0, 0.1) is 5.41 Å². The van der Waals surface area contributed by atoms with E-state index in [0.717, 1.165) is 25.2 Å². The summed E-state index contributed by atoms with van der Waals surface area (Å²) >= 11 is 3.56. The van der Waals surface area contributed by atoms with Crippen LogP contribution in [0.2, 0.25) is 18.1 Å². The van der Waals surface area contributed by atoms with Crippen LogP contribution >= 0.6 is 15.9 Å². The standard InChI is InChI=1S/C11H23BrO2Si/c1-10(2,3)15(4,5)14-9-11(6-12)7-13-8-11/h6-9H2,1-5H3. The molecule has 0 bridgehead atoms. The number of ether oxygens (including phenoxy) is 1. The van der Waals surface area contributed by atoms with Crippen LogP contribution in [0.25, 0.3) is 0 Å². The molecular formula is C11H23BrO2Si. The zero-order valence-corrected chi connectivity index (χ0v) is 13.1. The molecule has 1 aliphatic heterocycles. The maximum Gasteiger partial charge on any atom is 0.192 e. The molecule has 1 saturated heterocycles. The van der Waals surface area contributed by atoms with Crippen molar-refractivity contribution in [2.75, 3.05) is 25.2 Å². The second kappa shape index (κ2) is 4.47. The van der Waals surface area contributed by atoms with Crippen LogP contribution < -0.4 is 0 Å². The molecule has 0 atom stereocenters. The predicted octanol–water partition coefficient (Wildman–Crippen LogP) is 3.42. The molecule has 0 saturated carbocycles. The molecular weight excluding hydrogens is 272 g/mol. The Bertz CT molecular complexity index is 214. The van der Waals surface area contributed by atoms with Gasteiger partial charge in [-0.25, -0.2) is 0 Å². The topological polar surface area (TPSA) is 18.5 Å². The Morgan fingerprint density at radius 3 is 2.13 bits per heavy atom. The van der Waals surface area contributed by atoms with Gasteiger partial charge in [-0.1, -0.05) is 36.7 Å². The van der Waals surface area contributed by atoms with E-state index in [1.54, 1.807) is 0 Å². The average Bonchev–Trinajstić information content (AvgIpc) is 2.00. The van der Waals surface area contributed by atoms with Gasteiger partial charge in [-0.2, -0.15) is 0 Å². The van der Waals surface area contributed by atoms with Crippen LogP contribution in [0.5, 0.6) is 0 Å². The molecule has 0 radical (unpaired) electrons. The van der Waals surface area contributed by atoms with Gasteiger partial charge in [0.25, 0.3) is 0 Å². The van der Waals surface area contributed by atoms with Gasteiger partial charge in [0, 0.05) is 17.4 Å². The number of hydrogen-bond donors (Lipinski definition) is 0. The van der Waals surface area contributed by atoms with Crippen LogP contribution in [0.1, 0.15) is 20.8 Å². The highest BCUT2D eigenvalue weighted by atomic mass is 79.9. The summed E-state index contributed by atoms with van der Waals surface area (Å²) in [6.45, 7) is 13.9. The zero-order valence-electron chi connectivity index (χ0n) is 10.5. The van der Waals surface area contributed by atoms with Gasteiger partial charge in [0.1, 0.15) is 0 Å². The van der Waals surface area contributed by atoms with E-state index in [4.69, 9.17) is 9.16 Å². The third kappa shape index (κ3) is 3.05. The van der Waals surface area contributed by atoms with Crippen LogP contribution in [-0.2, 0) is 9.16 Å². The van der Waals surface area contributed by atoms with E-state index >= 15 is 0 Å². The Balaban J connectivity index is 2.49. The molecule has 1 aliphatic rings. The van der Waals surface area contributed by atoms with Crippen molar-refractivity contribution in [1.29, 1.82) is 0 Å². The summed E-state index contributed by atoms with van der Waals surface area (Å²) in [7, 11) is -1.59. The molecule has 0 aromatic heterocycles. The summed E-state index contributed by atoms with van der Waals surface area (Å²) in [5, 5.41) is 1.28. The molecule has 0 N–H and O–H groups in total. The second-order valence-corrected chi connectivity index (χ2v) is 11.5. The monoisotopic (exact) mass is 294 g/mol. The van der Waals surface area contributed by atoms with Crippen molar-refractivity contribution in [2.24, 2.45) is 5.41 Å². The van der Waals surface area contributed by atoms with Gasteiger partial charge in [0.15, 0.2) is 8.32 Å². The zero-order chi connectivity index (χ0) is 11.7. The fourth-order valence-electron chi connectivity index (χ4n) is 1.14. The first-order valence-corrected chi connectivity index (χ1v) is 9.53. The molecule has 1 fully saturated rings. The molecule has 0 amide bonds. The van der Waals surface area contributed by atoms with Gasteiger partial charge in [-0.05, 0) is 18.1 Å². The molecule has 2 nitrogen and oxygen atoms in total. The normalized spacial score (nSPS) is 21.2. The van der Waals surface area contributed by atoms with Crippen molar-refractivity contribution in [3.63, 3.8) is 0 Å². The van der Waals surface area contributed by atoms with E-state index in [1.165, 1.54) is 0 Å². The summed E-state index contributed by atoms with van der Waals surface area (Å²) in [6.07, 6.45) is 0. The Labute approximate surface area is 103 Å². The van der Waals surface area contributed by atoms with Crippen LogP contribution in [0.3, 0.4) is 0 Å². The maximum absolute atomic E-state index is 6.22. The Kier molecular flexibility index (Phi) is 4.08. The van der Waals surface area contributed by atoms with Gasteiger partial charge in [0.05, 0.1) is 13.2 Å². The number of halogens is 1. The Hall–Kier alpha value is 0.617. The van der Waals surface area contributed by atoms with Crippen LogP contribution in [0.15, 0.2) is 0 Å². The van der Waals surface area contributed by atoms with Gasteiger partial charge in [0.2, 0.25) is 0 Å². The highest BCUT2D eigenvalue weighted by Crippen LogP contribution is 2.39. The van der Waals surface area contributed by atoms with Crippen molar-refractivity contribution >= 4 is 24.2 Å². The lowest BCUT2D eigenvalue weighted by molar-refractivity contribution is -0.118. The van der Waals surface area contributed by atoms with E-state index < -0.39 is 8.32 Å². The molecule has 0 aromatic carbocycles. The van der Waals surface area contributed by atoms with Crippen molar-refractivity contribution in [2.45, 2.75) is 38.9 Å². The van der Waals surface area contributed by atoms with Crippen molar-refractivity contribution in [3.8, 4) is 0 Å². The minimum Gasteiger partial charge on any atom is -0.416 e. The van der Waals surface area contributed by atoms with Crippen molar-refractivity contribution in [1.82, 2.24) is 0 Å². The van der Waals surface area contributed by atoms with E-state index in [2.05, 4.69) is 49.8 Å². The molecule has 1 rings (SSSR count). The number of rotatable bonds is 4. The minimum absolute atomic E-state index is 0.246. The SMILES string of the molecule is CC(C)(C)[Si](C)(C)OCC1(CBr)COC1. The molecule has 0 spiro atoms. The fraction of sp³-hybridized carbons (Fsp3) is 1.00. The van der Waals surface area contributed by atoms with Gasteiger partial charge >= 0.3 is 0 Å². The summed E-state index contributed by atoms with van der Waals surface area (Å²) in [4.78, 5) is 0. The van der Waals surface area contributed by atoms with Crippen LogP contribution in [-0.4, -0.2) is 33.5 Å². The first-order valence-electron chi connectivity index (χ1n) is 5.50. The number of alkyl halides is 1. The minimum atomic E-state index is -1.59. The van der Waals surface area contributed by atoms with Crippen molar-refractivity contribution in [3.05, 3.63) is 0 Å². The highest BCUT2D eigenvalue weighted by Gasteiger charge is 2.43. The molecule has 15 heavy (non-hydrogen) atoms. The van der Waals surface area contributed by atoms with Gasteiger partial charge < -0.3 is 9.16 Å². The van der Waals surface area contributed by atoms with Crippen molar-refractivity contribution < 1.29 is 9.16 Å². The largest absolute Gasteiger partial charge is 0.416 e. The quantitative estimate of drug-likeness (QED) is 0.584. The van der Waals surface area contributed by atoms with Gasteiger partial charge in [-0.3, -0.25) is 0 Å². The molecule has 0 aliphatic carbocycles. The third-order valence-corrected chi connectivity index (χ3v) is 9.31. The fourth-order valence-corrected chi connectivity index (χ4v) is 2.73. The molecule has 1 heterocycles.